The molecule has 2 saturated carbocycles. The summed E-state index contributed by atoms with van der Waals surface area (Å²) < 4.78 is 25.8. The zero-order valence-corrected chi connectivity index (χ0v) is 8.60. The predicted octanol–water partition coefficient (Wildman–Crippen LogP) is 2.97. The average Bonchev–Trinajstić information content (AvgIpc) is 2.72. The topological polar surface area (TPSA) is 20.2 Å². The SMILES string of the molecule is CC1(C(O)CC2CCC(F)(F)C2)CC1. The van der Waals surface area contributed by atoms with E-state index in [0.29, 0.717) is 12.8 Å². The Morgan fingerprint density at radius 3 is 2.43 bits per heavy atom. The van der Waals surface area contributed by atoms with Crippen molar-refractivity contribution in [2.75, 3.05) is 0 Å². The summed E-state index contributed by atoms with van der Waals surface area (Å²) in [5, 5.41) is 9.83. The van der Waals surface area contributed by atoms with Gasteiger partial charge in [0.05, 0.1) is 6.10 Å². The maximum atomic E-state index is 12.9. The van der Waals surface area contributed by atoms with Crippen LogP contribution >= 0.6 is 0 Å². The largest absolute Gasteiger partial charge is 0.393 e. The van der Waals surface area contributed by atoms with E-state index in [1.807, 2.05) is 6.92 Å². The van der Waals surface area contributed by atoms with Crippen LogP contribution in [0, 0.1) is 11.3 Å². The van der Waals surface area contributed by atoms with Crippen molar-refractivity contribution in [1.29, 1.82) is 0 Å². The summed E-state index contributed by atoms with van der Waals surface area (Å²) in [6.45, 7) is 2.05. The molecule has 0 aromatic carbocycles. The minimum atomic E-state index is -2.46. The quantitative estimate of drug-likeness (QED) is 0.749. The van der Waals surface area contributed by atoms with Crippen molar-refractivity contribution in [3.8, 4) is 0 Å². The molecule has 0 saturated heterocycles. The van der Waals surface area contributed by atoms with Gasteiger partial charge in [-0.05, 0) is 37.0 Å². The van der Waals surface area contributed by atoms with Gasteiger partial charge in [0.15, 0.2) is 0 Å². The zero-order chi connectivity index (χ0) is 10.4. The molecule has 1 nitrogen and oxygen atoms in total. The number of hydrogen-bond donors (Lipinski definition) is 1. The van der Waals surface area contributed by atoms with Crippen LogP contribution in [0.5, 0.6) is 0 Å². The molecule has 0 radical (unpaired) electrons. The molecular formula is C11H18F2O. The Morgan fingerprint density at radius 1 is 1.36 bits per heavy atom. The van der Waals surface area contributed by atoms with Gasteiger partial charge in [-0.2, -0.15) is 0 Å². The van der Waals surface area contributed by atoms with Crippen LogP contribution in [-0.2, 0) is 0 Å². The first-order valence-corrected chi connectivity index (χ1v) is 5.47. The van der Waals surface area contributed by atoms with E-state index in [0.717, 1.165) is 12.8 Å². The van der Waals surface area contributed by atoms with Crippen LogP contribution in [0.1, 0.15) is 45.4 Å². The number of hydrogen-bond acceptors (Lipinski definition) is 1. The molecule has 2 aliphatic rings. The van der Waals surface area contributed by atoms with Crippen molar-refractivity contribution in [3.63, 3.8) is 0 Å². The third-order valence-corrected chi connectivity index (χ3v) is 3.91. The van der Waals surface area contributed by atoms with Crippen molar-refractivity contribution >= 4 is 0 Å². The van der Waals surface area contributed by atoms with Crippen LogP contribution in [0.2, 0.25) is 0 Å². The van der Waals surface area contributed by atoms with E-state index in [2.05, 4.69) is 0 Å². The second-order valence-corrected chi connectivity index (χ2v) is 5.37. The van der Waals surface area contributed by atoms with Gasteiger partial charge in [-0.15, -0.1) is 0 Å². The van der Waals surface area contributed by atoms with Gasteiger partial charge >= 0.3 is 0 Å². The lowest BCUT2D eigenvalue weighted by atomic mass is 9.91. The summed E-state index contributed by atoms with van der Waals surface area (Å²) >= 11 is 0. The number of rotatable bonds is 3. The monoisotopic (exact) mass is 204 g/mol. The van der Waals surface area contributed by atoms with E-state index in [-0.39, 0.29) is 30.3 Å². The van der Waals surface area contributed by atoms with Gasteiger partial charge in [-0.25, -0.2) is 8.78 Å². The maximum Gasteiger partial charge on any atom is 0.248 e. The molecule has 3 heteroatoms. The Morgan fingerprint density at radius 2 is 2.00 bits per heavy atom. The molecule has 0 bridgehead atoms. The molecule has 0 amide bonds. The molecule has 2 fully saturated rings. The third kappa shape index (κ3) is 2.08. The summed E-state index contributed by atoms with van der Waals surface area (Å²) in [6, 6.07) is 0. The van der Waals surface area contributed by atoms with Gasteiger partial charge in [0.1, 0.15) is 0 Å². The van der Waals surface area contributed by atoms with E-state index >= 15 is 0 Å². The summed E-state index contributed by atoms with van der Waals surface area (Å²) in [7, 11) is 0. The Labute approximate surface area is 83.5 Å². The van der Waals surface area contributed by atoms with Crippen molar-refractivity contribution < 1.29 is 13.9 Å². The van der Waals surface area contributed by atoms with E-state index in [1.165, 1.54) is 0 Å². The van der Waals surface area contributed by atoms with Gasteiger partial charge in [0.2, 0.25) is 5.92 Å². The molecular weight excluding hydrogens is 186 g/mol. The van der Waals surface area contributed by atoms with Gasteiger partial charge in [-0.1, -0.05) is 6.92 Å². The van der Waals surface area contributed by atoms with Crippen LogP contribution in [0.25, 0.3) is 0 Å². The summed E-state index contributed by atoms with van der Waals surface area (Å²) in [5.74, 6) is -2.42. The highest BCUT2D eigenvalue weighted by atomic mass is 19.3. The fraction of sp³-hybridized carbons (Fsp3) is 1.00. The number of aliphatic hydroxyl groups excluding tert-OH is 1. The fourth-order valence-electron chi connectivity index (χ4n) is 2.37. The molecule has 0 aromatic rings. The molecule has 82 valence electrons. The minimum Gasteiger partial charge on any atom is -0.393 e. The number of halogens is 2. The molecule has 2 unspecified atom stereocenters. The molecule has 14 heavy (non-hydrogen) atoms. The third-order valence-electron chi connectivity index (χ3n) is 3.91. The molecule has 2 rings (SSSR count). The van der Waals surface area contributed by atoms with E-state index in [4.69, 9.17) is 0 Å². The van der Waals surface area contributed by atoms with Crippen LogP contribution in [-0.4, -0.2) is 17.1 Å². The Hall–Kier alpha value is -0.180. The van der Waals surface area contributed by atoms with Crippen molar-refractivity contribution in [3.05, 3.63) is 0 Å². The molecule has 0 aromatic heterocycles. The normalized spacial score (nSPS) is 35.6. The Bertz CT molecular complexity index is 223. The molecule has 0 spiro atoms. The lowest BCUT2D eigenvalue weighted by molar-refractivity contribution is 0.000326. The highest BCUT2D eigenvalue weighted by Gasteiger charge is 2.47. The lowest BCUT2D eigenvalue weighted by Gasteiger charge is -2.21. The zero-order valence-electron chi connectivity index (χ0n) is 8.60. The summed E-state index contributed by atoms with van der Waals surface area (Å²) in [6.07, 6.45) is 2.91. The summed E-state index contributed by atoms with van der Waals surface area (Å²) in [4.78, 5) is 0. The lowest BCUT2D eigenvalue weighted by Crippen LogP contribution is -2.22. The first kappa shape index (κ1) is 10.3. The highest BCUT2D eigenvalue weighted by Crippen LogP contribution is 2.51. The fourth-order valence-corrected chi connectivity index (χ4v) is 2.37. The predicted molar refractivity (Wildman–Crippen MR) is 50.3 cm³/mol. The van der Waals surface area contributed by atoms with Gasteiger partial charge in [0, 0.05) is 12.8 Å². The van der Waals surface area contributed by atoms with Crippen LogP contribution in [0.4, 0.5) is 8.78 Å². The second kappa shape index (κ2) is 3.16. The van der Waals surface area contributed by atoms with Gasteiger partial charge in [-0.3, -0.25) is 0 Å². The van der Waals surface area contributed by atoms with Gasteiger partial charge in [0.25, 0.3) is 0 Å². The number of aliphatic hydroxyl groups is 1. The van der Waals surface area contributed by atoms with Crippen LogP contribution in [0.3, 0.4) is 0 Å². The standard InChI is InChI=1S/C11H18F2O/c1-10(4-5-10)9(14)6-8-2-3-11(12,13)7-8/h8-9,14H,2-7H2,1H3. The van der Waals surface area contributed by atoms with E-state index in [9.17, 15) is 13.9 Å². The maximum absolute atomic E-state index is 12.9. The molecule has 0 heterocycles. The van der Waals surface area contributed by atoms with E-state index < -0.39 is 5.92 Å². The second-order valence-electron chi connectivity index (χ2n) is 5.37. The van der Waals surface area contributed by atoms with E-state index in [1.54, 1.807) is 0 Å². The average molecular weight is 204 g/mol. The first-order valence-electron chi connectivity index (χ1n) is 5.47. The first-order chi connectivity index (χ1) is 6.41. The Kier molecular flexibility index (Phi) is 2.33. The summed E-state index contributed by atoms with van der Waals surface area (Å²) in [5.41, 5.74) is 0.0534. The smallest absolute Gasteiger partial charge is 0.248 e. The van der Waals surface area contributed by atoms with Crippen LogP contribution in [0.15, 0.2) is 0 Å². The minimum absolute atomic E-state index is 0.0137. The molecule has 0 aliphatic heterocycles. The molecule has 1 N–H and O–H groups in total. The van der Waals surface area contributed by atoms with Gasteiger partial charge < -0.3 is 5.11 Å². The molecule has 2 aliphatic carbocycles. The van der Waals surface area contributed by atoms with Crippen molar-refractivity contribution in [1.82, 2.24) is 0 Å². The van der Waals surface area contributed by atoms with Crippen LogP contribution < -0.4 is 0 Å². The number of alkyl halides is 2. The van der Waals surface area contributed by atoms with Crippen molar-refractivity contribution in [2.45, 2.75) is 57.5 Å². The molecule has 2 atom stereocenters. The van der Waals surface area contributed by atoms with Crippen molar-refractivity contribution in [2.24, 2.45) is 11.3 Å². The highest BCUT2D eigenvalue weighted by molar-refractivity contribution is 4.96. The Balaban J connectivity index is 1.81.